The Morgan fingerprint density at radius 2 is 1.28 bits per heavy atom. The first-order valence-electron chi connectivity index (χ1n) is 10.6. The van der Waals surface area contributed by atoms with Crippen molar-refractivity contribution in [3.63, 3.8) is 0 Å². The third kappa shape index (κ3) is 7.86. The summed E-state index contributed by atoms with van der Waals surface area (Å²) in [6, 6.07) is 23.3. The molecule has 157 valence electrons. The number of hydrogen-bond acceptors (Lipinski definition) is 0. The molecule has 0 unspecified atom stereocenters. The van der Waals surface area contributed by atoms with Crippen molar-refractivity contribution in [2.24, 2.45) is 0 Å². The summed E-state index contributed by atoms with van der Waals surface area (Å²) in [5.74, 6) is 0. The number of aryl methyl sites for hydroxylation is 1. The van der Waals surface area contributed by atoms with Crippen LogP contribution in [0.1, 0.15) is 45.9 Å². The molecule has 0 aromatic heterocycles. The first-order chi connectivity index (χ1) is 15.0. The SMILES string of the molecule is [CH-]=C(/C=C\C)/C=C/c1cc(/C=C/c2cccc(C)c2)cc(/C=C/c2ccccc2)c1C.[Y]. The molecule has 3 aromatic rings. The van der Waals surface area contributed by atoms with Gasteiger partial charge in [-0.3, -0.25) is 0 Å². The van der Waals surface area contributed by atoms with E-state index in [0.29, 0.717) is 0 Å². The van der Waals surface area contributed by atoms with Gasteiger partial charge >= 0.3 is 0 Å². The molecule has 3 aromatic carbocycles. The minimum absolute atomic E-state index is 0. The molecule has 0 saturated carbocycles. The monoisotopic (exact) mass is 490 g/mol. The van der Waals surface area contributed by atoms with Crippen LogP contribution in [0.2, 0.25) is 0 Å². The summed E-state index contributed by atoms with van der Waals surface area (Å²) in [5, 5.41) is 0. The van der Waals surface area contributed by atoms with Crippen LogP contribution in [0.15, 0.2) is 90.5 Å². The summed E-state index contributed by atoms with van der Waals surface area (Å²) in [6.07, 6.45) is 16.6. The number of rotatable bonds is 7. The molecule has 1 heteroatoms. The van der Waals surface area contributed by atoms with Crippen LogP contribution in [0.3, 0.4) is 0 Å². The minimum Gasteiger partial charge on any atom is -0.219 e. The Morgan fingerprint density at radius 1 is 0.656 bits per heavy atom. The van der Waals surface area contributed by atoms with Crippen LogP contribution in [-0.4, -0.2) is 0 Å². The quantitative estimate of drug-likeness (QED) is 0.177. The van der Waals surface area contributed by atoms with E-state index in [1.165, 1.54) is 27.8 Å². The second-order valence-corrected chi connectivity index (χ2v) is 7.65. The van der Waals surface area contributed by atoms with E-state index < -0.39 is 0 Å². The summed E-state index contributed by atoms with van der Waals surface area (Å²) in [5.41, 5.74) is 9.12. The minimum atomic E-state index is 0. The molecule has 0 nitrogen and oxygen atoms in total. The van der Waals surface area contributed by atoms with Gasteiger partial charge in [0.15, 0.2) is 0 Å². The van der Waals surface area contributed by atoms with Crippen molar-refractivity contribution >= 4 is 30.4 Å². The Hall–Kier alpha value is -2.54. The smallest absolute Gasteiger partial charge is 0 e. The molecule has 0 bridgehead atoms. The van der Waals surface area contributed by atoms with E-state index in [4.69, 9.17) is 6.58 Å². The third-order valence-electron chi connectivity index (χ3n) is 5.09. The van der Waals surface area contributed by atoms with E-state index in [-0.39, 0.29) is 32.7 Å². The zero-order valence-electron chi connectivity index (χ0n) is 19.1. The average molecular weight is 490 g/mol. The first kappa shape index (κ1) is 25.7. The van der Waals surface area contributed by atoms with E-state index in [0.717, 1.165) is 16.7 Å². The molecule has 0 aliphatic carbocycles. The number of hydrogen-bond donors (Lipinski definition) is 0. The van der Waals surface area contributed by atoms with Gasteiger partial charge in [-0.25, -0.2) is 12.2 Å². The van der Waals surface area contributed by atoms with E-state index in [9.17, 15) is 0 Å². The molecule has 0 aliphatic rings. The molecule has 3 rings (SSSR count). The second-order valence-electron chi connectivity index (χ2n) is 7.65. The molecule has 0 amide bonds. The fourth-order valence-electron chi connectivity index (χ4n) is 3.38. The molecule has 32 heavy (non-hydrogen) atoms. The van der Waals surface area contributed by atoms with E-state index >= 15 is 0 Å². The van der Waals surface area contributed by atoms with E-state index in [1.807, 2.05) is 31.2 Å². The van der Waals surface area contributed by atoms with Crippen LogP contribution in [0.25, 0.3) is 30.4 Å². The van der Waals surface area contributed by atoms with Crippen molar-refractivity contribution in [2.45, 2.75) is 20.8 Å². The maximum atomic E-state index is 6.06. The third-order valence-corrected chi connectivity index (χ3v) is 5.09. The average Bonchev–Trinajstić information content (AvgIpc) is 2.77. The molecule has 0 saturated heterocycles. The van der Waals surface area contributed by atoms with Crippen molar-refractivity contribution < 1.29 is 32.7 Å². The second kappa shape index (κ2) is 13.1. The first-order valence-corrected chi connectivity index (χ1v) is 10.6. The summed E-state index contributed by atoms with van der Waals surface area (Å²) in [4.78, 5) is 0. The zero-order valence-corrected chi connectivity index (χ0v) is 22.0. The normalized spacial score (nSPS) is 11.6. The summed E-state index contributed by atoms with van der Waals surface area (Å²) in [6.45, 7) is 12.3. The summed E-state index contributed by atoms with van der Waals surface area (Å²) < 4.78 is 0. The van der Waals surface area contributed by atoms with Crippen molar-refractivity contribution in [3.8, 4) is 0 Å². The molecule has 1 radical (unpaired) electrons. The van der Waals surface area contributed by atoms with Crippen LogP contribution in [0.5, 0.6) is 0 Å². The van der Waals surface area contributed by atoms with Gasteiger partial charge in [0.2, 0.25) is 0 Å². The Morgan fingerprint density at radius 3 is 1.97 bits per heavy atom. The van der Waals surface area contributed by atoms with Crippen LogP contribution >= 0.6 is 0 Å². The van der Waals surface area contributed by atoms with Gasteiger partial charge in [0.05, 0.1) is 0 Å². The van der Waals surface area contributed by atoms with Gasteiger partial charge in [0, 0.05) is 32.7 Å². The summed E-state index contributed by atoms with van der Waals surface area (Å²) >= 11 is 0. The number of benzene rings is 3. The van der Waals surface area contributed by atoms with Gasteiger partial charge in [-0.05, 0) is 59.4 Å². The predicted octanol–water partition coefficient (Wildman–Crippen LogP) is 8.59. The van der Waals surface area contributed by atoms with Crippen molar-refractivity contribution in [1.82, 2.24) is 0 Å². The molecule has 0 atom stereocenters. The van der Waals surface area contributed by atoms with Crippen molar-refractivity contribution in [2.75, 3.05) is 0 Å². The largest absolute Gasteiger partial charge is 0.219 e. The van der Waals surface area contributed by atoms with Crippen molar-refractivity contribution in [1.29, 1.82) is 0 Å². The number of allylic oxidation sites excluding steroid dienone is 4. The van der Waals surface area contributed by atoms with Gasteiger partial charge in [0.1, 0.15) is 0 Å². The standard InChI is InChI=1S/C31H29.Y/c1-5-10-24(2)15-19-30-22-29(17-16-28-14-9-11-25(3)21-28)23-31(26(30)4)20-18-27-12-7-6-8-13-27;/h2,5-23H,1,3-4H3;/q-1;/b10-5-,17-16+,19-15+,20-18+;. The molecular formula is C31H29Y-. The van der Waals surface area contributed by atoms with Crippen LogP contribution < -0.4 is 0 Å². The van der Waals surface area contributed by atoms with Gasteiger partial charge in [-0.1, -0.05) is 91.4 Å². The fraction of sp³-hybridized carbons (Fsp3) is 0.0968. The van der Waals surface area contributed by atoms with Crippen LogP contribution in [0, 0.1) is 20.4 Å². The molecule has 0 spiro atoms. The Bertz CT molecular complexity index is 1160. The molecule has 0 N–H and O–H groups in total. The van der Waals surface area contributed by atoms with E-state index in [2.05, 4.69) is 105 Å². The summed E-state index contributed by atoms with van der Waals surface area (Å²) in [7, 11) is 0. The van der Waals surface area contributed by atoms with Gasteiger partial charge in [-0.15, -0.1) is 12.2 Å². The van der Waals surface area contributed by atoms with Crippen LogP contribution in [-0.2, 0) is 32.7 Å². The van der Waals surface area contributed by atoms with Gasteiger partial charge < -0.3 is 0 Å². The predicted molar refractivity (Wildman–Crippen MR) is 138 cm³/mol. The fourth-order valence-corrected chi connectivity index (χ4v) is 3.38. The van der Waals surface area contributed by atoms with E-state index in [1.54, 1.807) is 0 Å². The topological polar surface area (TPSA) is 0 Å². The molecule has 0 fully saturated rings. The molecule has 0 aliphatic heterocycles. The molecule has 0 heterocycles. The maximum absolute atomic E-state index is 6.06. The Balaban J connectivity index is 0.00000363. The Labute approximate surface area is 218 Å². The van der Waals surface area contributed by atoms with Crippen molar-refractivity contribution in [3.05, 3.63) is 136 Å². The Kier molecular flexibility index (Phi) is 10.5. The zero-order chi connectivity index (χ0) is 22.1. The molecular weight excluding hydrogens is 461 g/mol. The van der Waals surface area contributed by atoms with Gasteiger partial charge in [0.25, 0.3) is 0 Å². The maximum Gasteiger partial charge on any atom is 0 e. The van der Waals surface area contributed by atoms with Crippen LogP contribution in [0.4, 0.5) is 0 Å². The van der Waals surface area contributed by atoms with Gasteiger partial charge in [-0.2, -0.15) is 12.2 Å².